The minimum atomic E-state index is -3.36. The van der Waals surface area contributed by atoms with E-state index in [4.69, 9.17) is 0 Å². The molecule has 0 fully saturated rings. The molecule has 0 unspecified atom stereocenters. The van der Waals surface area contributed by atoms with E-state index in [-0.39, 0.29) is 13.2 Å². The van der Waals surface area contributed by atoms with Gasteiger partial charge in [0, 0.05) is 0 Å². The summed E-state index contributed by atoms with van der Waals surface area (Å²) in [5, 5.41) is 0. The highest BCUT2D eigenvalue weighted by molar-refractivity contribution is 7.86. The molecule has 1 aromatic carbocycles. The zero-order valence-electron chi connectivity index (χ0n) is 12.8. The molecule has 0 bridgehead atoms. The Hall–Kier alpha value is -0.960. The molecular formula is C14H22O6S2. The average molecular weight is 350 g/mol. The van der Waals surface area contributed by atoms with Gasteiger partial charge in [0.05, 0.1) is 25.7 Å². The molecule has 6 nitrogen and oxygen atoms in total. The van der Waals surface area contributed by atoms with Crippen LogP contribution in [0.2, 0.25) is 0 Å². The van der Waals surface area contributed by atoms with Crippen molar-refractivity contribution < 1.29 is 25.2 Å². The molecule has 1 aromatic rings. The van der Waals surface area contributed by atoms with Crippen molar-refractivity contribution >= 4 is 20.2 Å². The third-order valence-electron chi connectivity index (χ3n) is 2.84. The molecule has 0 aromatic heterocycles. The van der Waals surface area contributed by atoms with E-state index in [2.05, 4.69) is 8.37 Å². The number of rotatable bonds is 10. The summed E-state index contributed by atoms with van der Waals surface area (Å²) < 4.78 is 52.6. The Morgan fingerprint density at radius 1 is 0.727 bits per heavy atom. The molecule has 0 atom stereocenters. The van der Waals surface area contributed by atoms with E-state index in [9.17, 15) is 16.8 Å². The molecule has 0 amide bonds. The highest BCUT2D eigenvalue weighted by Gasteiger charge is 2.03. The Labute approximate surface area is 132 Å². The van der Waals surface area contributed by atoms with Crippen LogP contribution < -0.4 is 0 Å². The van der Waals surface area contributed by atoms with E-state index >= 15 is 0 Å². The molecule has 22 heavy (non-hydrogen) atoms. The summed E-state index contributed by atoms with van der Waals surface area (Å²) in [4.78, 5) is 0. The Bertz CT molecular complexity index is 588. The summed E-state index contributed by atoms with van der Waals surface area (Å²) in [6.45, 7) is 0.368. The predicted molar refractivity (Wildman–Crippen MR) is 84.7 cm³/mol. The second kappa shape index (κ2) is 8.61. The molecule has 126 valence electrons. The van der Waals surface area contributed by atoms with Crippen molar-refractivity contribution in [3.63, 3.8) is 0 Å². The third kappa shape index (κ3) is 9.88. The van der Waals surface area contributed by atoms with E-state index in [0.29, 0.717) is 12.8 Å². The highest BCUT2D eigenvalue weighted by atomic mass is 32.2. The van der Waals surface area contributed by atoms with Crippen molar-refractivity contribution in [3.05, 3.63) is 35.4 Å². The molecular weight excluding hydrogens is 328 g/mol. The maximum absolute atomic E-state index is 10.8. The van der Waals surface area contributed by atoms with Crippen molar-refractivity contribution in [1.29, 1.82) is 0 Å². The monoisotopic (exact) mass is 350 g/mol. The normalized spacial score (nSPS) is 12.5. The third-order valence-corrected chi connectivity index (χ3v) is 4.03. The van der Waals surface area contributed by atoms with Crippen molar-refractivity contribution in [2.45, 2.75) is 25.7 Å². The van der Waals surface area contributed by atoms with Gasteiger partial charge in [-0.05, 0) is 36.8 Å². The molecule has 1 rings (SSSR count). The molecule has 0 aliphatic rings. The highest BCUT2D eigenvalue weighted by Crippen LogP contribution is 2.09. The Morgan fingerprint density at radius 2 is 1.05 bits per heavy atom. The van der Waals surface area contributed by atoms with Crippen LogP contribution in [0.5, 0.6) is 0 Å². The molecule has 0 spiro atoms. The molecule has 8 heteroatoms. The van der Waals surface area contributed by atoms with Gasteiger partial charge < -0.3 is 0 Å². The van der Waals surface area contributed by atoms with Gasteiger partial charge in [0.25, 0.3) is 20.2 Å². The summed E-state index contributed by atoms with van der Waals surface area (Å²) in [6.07, 6.45) is 4.83. The summed E-state index contributed by atoms with van der Waals surface area (Å²) >= 11 is 0. The molecule has 0 radical (unpaired) electrons. The van der Waals surface area contributed by atoms with Crippen LogP contribution in [-0.2, 0) is 41.4 Å². The van der Waals surface area contributed by atoms with E-state index in [1.165, 1.54) is 0 Å². The quantitative estimate of drug-likeness (QED) is 0.469. The number of aryl methyl sites for hydroxylation is 2. The first-order valence-corrected chi connectivity index (χ1v) is 10.6. The minimum Gasteiger partial charge on any atom is -0.270 e. The zero-order valence-corrected chi connectivity index (χ0v) is 14.5. The Kier molecular flexibility index (Phi) is 7.47. The molecule has 0 saturated heterocycles. The van der Waals surface area contributed by atoms with Gasteiger partial charge in [0.2, 0.25) is 0 Å². The minimum absolute atomic E-state index is 0.184. The Morgan fingerprint density at radius 3 is 1.32 bits per heavy atom. The van der Waals surface area contributed by atoms with Crippen molar-refractivity contribution in [3.8, 4) is 0 Å². The van der Waals surface area contributed by atoms with Gasteiger partial charge in [-0.3, -0.25) is 8.37 Å². The Balaban J connectivity index is 2.28. The second-order valence-electron chi connectivity index (χ2n) is 5.08. The largest absolute Gasteiger partial charge is 0.270 e. The van der Waals surface area contributed by atoms with Crippen LogP contribution in [0, 0.1) is 0 Å². The van der Waals surface area contributed by atoms with Crippen LogP contribution in [0.4, 0.5) is 0 Å². The fraction of sp³-hybridized carbons (Fsp3) is 0.571. The molecule has 0 aliphatic carbocycles. The van der Waals surface area contributed by atoms with Crippen LogP contribution in [0.15, 0.2) is 24.3 Å². The summed E-state index contributed by atoms with van der Waals surface area (Å²) in [5.41, 5.74) is 2.21. The van der Waals surface area contributed by atoms with Gasteiger partial charge >= 0.3 is 0 Å². The average Bonchev–Trinajstić information content (AvgIpc) is 2.39. The smallest absolute Gasteiger partial charge is 0.264 e. The predicted octanol–water partition coefficient (Wildman–Crippen LogP) is 1.50. The van der Waals surface area contributed by atoms with Crippen LogP contribution in [0.1, 0.15) is 24.0 Å². The van der Waals surface area contributed by atoms with Crippen LogP contribution >= 0.6 is 0 Å². The fourth-order valence-electron chi connectivity index (χ4n) is 1.85. The lowest BCUT2D eigenvalue weighted by Gasteiger charge is -2.05. The summed E-state index contributed by atoms with van der Waals surface area (Å²) in [6, 6.07) is 7.92. The lowest BCUT2D eigenvalue weighted by atomic mass is 10.0. The summed E-state index contributed by atoms with van der Waals surface area (Å²) in [5.74, 6) is 0. The molecule has 0 N–H and O–H groups in total. The van der Waals surface area contributed by atoms with Gasteiger partial charge in [0.1, 0.15) is 0 Å². The van der Waals surface area contributed by atoms with Crippen molar-refractivity contribution in [2.24, 2.45) is 0 Å². The maximum atomic E-state index is 10.8. The lowest BCUT2D eigenvalue weighted by molar-refractivity contribution is 0.314. The van der Waals surface area contributed by atoms with Gasteiger partial charge in [0.15, 0.2) is 0 Å². The van der Waals surface area contributed by atoms with Crippen molar-refractivity contribution in [2.75, 3.05) is 25.7 Å². The molecule has 0 aliphatic heterocycles. The maximum Gasteiger partial charge on any atom is 0.264 e. The second-order valence-corrected chi connectivity index (χ2v) is 8.36. The van der Waals surface area contributed by atoms with E-state index in [1.807, 2.05) is 24.3 Å². The standard InChI is InChI=1S/C14H22O6S2/c1-21(15,16)19-11-3-5-13-7-9-14(10-8-13)6-4-12-20-22(2,17)18/h7-10H,3-6,11-12H2,1-2H3. The van der Waals surface area contributed by atoms with Gasteiger partial charge in [-0.15, -0.1) is 0 Å². The van der Waals surface area contributed by atoms with Crippen LogP contribution in [0.25, 0.3) is 0 Å². The molecule has 0 saturated carbocycles. The van der Waals surface area contributed by atoms with Crippen LogP contribution in [-0.4, -0.2) is 42.6 Å². The first-order valence-electron chi connectivity index (χ1n) is 6.92. The van der Waals surface area contributed by atoms with Gasteiger partial charge in [-0.25, -0.2) is 0 Å². The number of hydrogen-bond donors (Lipinski definition) is 0. The summed E-state index contributed by atoms with van der Waals surface area (Å²) in [7, 11) is -6.73. The van der Waals surface area contributed by atoms with E-state index in [0.717, 1.165) is 36.5 Å². The SMILES string of the molecule is CS(=O)(=O)OCCCc1ccc(CCCOS(C)(=O)=O)cc1. The first kappa shape index (κ1) is 19.1. The topological polar surface area (TPSA) is 86.7 Å². The van der Waals surface area contributed by atoms with Crippen LogP contribution in [0.3, 0.4) is 0 Å². The van der Waals surface area contributed by atoms with Crippen molar-refractivity contribution in [1.82, 2.24) is 0 Å². The lowest BCUT2D eigenvalue weighted by Crippen LogP contribution is -2.05. The molecule has 0 heterocycles. The zero-order chi connectivity index (χ0) is 16.6. The van der Waals surface area contributed by atoms with E-state index < -0.39 is 20.2 Å². The fourth-order valence-corrected chi connectivity index (χ4v) is 2.69. The first-order chi connectivity index (χ1) is 10.2. The van der Waals surface area contributed by atoms with E-state index in [1.54, 1.807) is 0 Å². The number of hydrogen-bond acceptors (Lipinski definition) is 6. The van der Waals surface area contributed by atoms with Gasteiger partial charge in [-0.2, -0.15) is 16.8 Å². The van der Waals surface area contributed by atoms with Gasteiger partial charge in [-0.1, -0.05) is 24.3 Å². The number of benzene rings is 1.